The fraction of sp³-hybridized carbons (Fsp3) is 0.579. The molecule has 1 atom stereocenters. The van der Waals surface area contributed by atoms with Crippen LogP contribution in [0.5, 0.6) is 5.75 Å². The molecule has 21 heavy (non-hydrogen) atoms. The van der Waals surface area contributed by atoms with Gasteiger partial charge in [0.2, 0.25) is 0 Å². The Hall–Kier alpha value is -1.28. The summed E-state index contributed by atoms with van der Waals surface area (Å²) in [5.74, 6) is 0.988. The van der Waals surface area contributed by atoms with Gasteiger partial charge < -0.3 is 10.1 Å². The number of rotatable bonds is 5. The SMILES string of the molecule is COc1ccc2c(c1)CCCC2NCCC1=CCCCC1. The van der Waals surface area contributed by atoms with Crippen LogP contribution >= 0.6 is 0 Å². The number of aryl methyl sites for hydroxylation is 1. The van der Waals surface area contributed by atoms with Crippen LogP contribution in [0.3, 0.4) is 0 Å². The molecule has 1 aromatic rings. The summed E-state index contributed by atoms with van der Waals surface area (Å²) >= 11 is 0. The lowest BCUT2D eigenvalue weighted by Gasteiger charge is -2.27. The molecule has 0 amide bonds. The van der Waals surface area contributed by atoms with Crippen molar-refractivity contribution in [1.29, 1.82) is 0 Å². The zero-order chi connectivity index (χ0) is 14.5. The maximum Gasteiger partial charge on any atom is 0.119 e. The highest BCUT2D eigenvalue weighted by atomic mass is 16.5. The van der Waals surface area contributed by atoms with Gasteiger partial charge >= 0.3 is 0 Å². The van der Waals surface area contributed by atoms with Crippen molar-refractivity contribution in [3.05, 3.63) is 41.0 Å². The Kier molecular flexibility index (Phi) is 4.97. The molecule has 3 rings (SSSR count). The van der Waals surface area contributed by atoms with E-state index in [1.807, 2.05) is 0 Å². The summed E-state index contributed by atoms with van der Waals surface area (Å²) in [6, 6.07) is 7.10. The minimum atomic E-state index is 0.531. The minimum absolute atomic E-state index is 0.531. The molecule has 0 saturated carbocycles. The minimum Gasteiger partial charge on any atom is -0.497 e. The molecule has 114 valence electrons. The molecule has 1 unspecified atom stereocenters. The fourth-order valence-electron chi connectivity index (χ4n) is 3.67. The molecule has 0 saturated heterocycles. The van der Waals surface area contributed by atoms with E-state index in [1.165, 1.54) is 62.5 Å². The second-order valence-electron chi connectivity index (χ2n) is 6.32. The van der Waals surface area contributed by atoms with Crippen LogP contribution in [0.4, 0.5) is 0 Å². The molecular formula is C19H27NO. The van der Waals surface area contributed by atoms with Crippen LogP contribution in [0.25, 0.3) is 0 Å². The standard InChI is InChI=1S/C19H27NO/c1-21-17-10-11-18-16(14-17)8-5-9-19(18)20-13-12-15-6-3-2-4-7-15/h6,10-11,14,19-20H,2-5,7-9,12-13H2,1H3. The van der Waals surface area contributed by atoms with Gasteiger partial charge in [0.05, 0.1) is 7.11 Å². The number of nitrogens with one attached hydrogen (secondary N) is 1. The Bertz CT molecular complexity index is 506. The second-order valence-corrected chi connectivity index (χ2v) is 6.32. The predicted octanol–water partition coefficient (Wildman–Crippen LogP) is 4.55. The number of allylic oxidation sites excluding steroid dienone is 1. The van der Waals surface area contributed by atoms with Gasteiger partial charge in [0.15, 0.2) is 0 Å². The van der Waals surface area contributed by atoms with Gasteiger partial charge in [0.1, 0.15) is 5.75 Å². The van der Waals surface area contributed by atoms with E-state index in [1.54, 1.807) is 12.7 Å². The second kappa shape index (κ2) is 7.13. The molecule has 0 bridgehead atoms. The van der Waals surface area contributed by atoms with E-state index in [4.69, 9.17) is 4.74 Å². The highest BCUT2D eigenvalue weighted by Crippen LogP contribution is 2.32. The molecule has 0 heterocycles. The van der Waals surface area contributed by atoms with Crippen molar-refractivity contribution in [3.63, 3.8) is 0 Å². The summed E-state index contributed by atoms with van der Waals surface area (Å²) in [5.41, 5.74) is 4.62. The molecule has 2 nitrogen and oxygen atoms in total. The summed E-state index contributed by atoms with van der Waals surface area (Å²) < 4.78 is 5.35. The van der Waals surface area contributed by atoms with Crippen LogP contribution in [0.15, 0.2) is 29.8 Å². The van der Waals surface area contributed by atoms with E-state index >= 15 is 0 Å². The largest absolute Gasteiger partial charge is 0.497 e. The molecule has 0 aromatic heterocycles. The van der Waals surface area contributed by atoms with Gasteiger partial charge in [-0.25, -0.2) is 0 Å². The molecule has 0 aliphatic heterocycles. The molecule has 0 radical (unpaired) electrons. The van der Waals surface area contributed by atoms with Gasteiger partial charge in [-0.2, -0.15) is 0 Å². The molecule has 2 heteroatoms. The normalized spacial score (nSPS) is 21.6. The Morgan fingerprint density at radius 2 is 2.14 bits per heavy atom. The van der Waals surface area contributed by atoms with Crippen LogP contribution < -0.4 is 10.1 Å². The van der Waals surface area contributed by atoms with Gasteiger partial charge in [-0.05, 0) is 81.2 Å². The number of hydrogen-bond acceptors (Lipinski definition) is 2. The van der Waals surface area contributed by atoms with Gasteiger partial charge in [-0.15, -0.1) is 0 Å². The van der Waals surface area contributed by atoms with E-state index in [0.29, 0.717) is 6.04 Å². The van der Waals surface area contributed by atoms with Crippen molar-refractivity contribution in [3.8, 4) is 5.75 Å². The molecule has 1 N–H and O–H groups in total. The summed E-state index contributed by atoms with van der Waals surface area (Å²) in [5, 5.41) is 3.78. The van der Waals surface area contributed by atoms with Crippen molar-refractivity contribution < 1.29 is 4.74 Å². The first-order chi connectivity index (χ1) is 10.4. The van der Waals surface area contributed by atoms with Crippen LogP contribution in [-0.4, -0.2) is 13.7 Å². The Balaban J connectivity index is 1.58. The smallest absolute Gasteiger partial charge is 0.119 e. The van der Waals surface area contributed by atoms with E-state index in [0.717, 1.165) is 12.3 Å². The molecular weight excluding hydrogens is 258 g/mol. The fourth-order valence-corrected chi connectivity index (χ4v) is 3.67. The quantitative estimate of drug-likeness (QED) is 0.801. The van der Waals surface area contributed by atoms with Gasteiger partial charge in [0.25, 0.3) is 0 Å². The van der Waals surface area contributed by atoms with Gasteiger partial charge in [0, 0.05) is 6.04 Å². The van der Waals surface area contributed by atoms with Crippen LogP contribution in [-0.2, 0) is 6.42 Å². The Morgan fingerprint density at radius 1 is 1.19 bits per heavy atom. The van der Waals surface area contributed by atoms with Crippen molar-refractivity contribution in [2.24, 2.45) is 0 Å². The summed E-state index contributed by atoms with van der Waals surface area (Å²) in [6.45, 7) is 1.11. The van der Waals surface area contributed by atoms with E-state index < -0.39 is 0 Å². The lowest BCUT2D eigenvalue weighted by molar-refractivity contribution is 0.410. The summed E-state index contributed by atoms with van der Waals surface area (Å²) in [6.07, 6.45) is 12.8. The third-order valence-electron chi connectivity index (χ3n) is 4.89. The van der Waals surface area contributed by atoms with Crippen molar-refractivity contribution in [1.82, 2.24) is 5.32 Å². The molecule has 0 fully saturated rings. The zero-order valence-corrected chi connectivity index (χ0v) is 13.2. The first kappa shape index (κ1) is 14.6. The number of benzene rings is 1. The Morgan fingerprint density at radius 3 is 2.95 bits per heavy atom. The highest BCUT2D eigenvalue weighted by Gasteiger charge is 2.20. The number of hydrogen-bond donors (Lipinski definition) is 1. The van der Waals surface area contributed by atoms with Crippen LogP contribution in [0.1, 0.15) is 62.1 Å². The average molecular weight is 285 g/mol. The maximum absolute atomic E-state index is 5.35. The molecule has 1 aromatic carbocycles. The number of fused-ring (bicyclic) bond motifs is 1. The van der Waals surface area contributed by atoms with Gasteiger partial charge in [-0.1, -0.05) is 17.7 Å². The summed E-state index contributed by atoms with van der Waals surface area (Å²) in [7, 11) is 1.75. The first-order valence-corrected chi connectivity index (χ1v) is 8.45. The topological polar surface area (TPSA) is 21.3 Å². The summed E-state index contributed by atoms with van der Waals surface area (Å²) in [4.78, 5) is 0. The molecule has 2 aliphatic carbocycles. The van der Waals surface area contributed by atoms with E-state index in [-0.39, 0.29) is 0 Å². The third-order valence-corrected chi connectivity index (χ3v) is 4.89. The van der Waals surface area contributed by atoms with Crippen molar-refractivity contribution >= 4 is 0 Å². The zero-order valence-electron chi connectivity index (χ0n) is 13.2. The third kappa shape index (κ3) is 3.68. The van der Waals surface area contributed by atoms with Crippen LogP contribution in [0, 0.1) is 0 Å². The number of methoxy groups -OCH3 is 1. The maximum atomic E-state index is 5.35. The monoisotopic (exact) mass is 285 g/mol. The lowest BCUT2D eigenvalue weighted by atomic mass is 9.87. The van der Waals surface area contributed by atoms with Crippen LogP contribution in [0.2, 0.25) is 0 Å². The molecule has 0 spiro atoms. The van der Waals surface area contributed by atoms with Crippen molar-refractivity contribution in [2.75, 3.05) is 13.7 Å². The van der Waals surface area contributed by atoms with Crippen molar-refractivity contribution in [2.45, 2.75) is 57.4 Å². The van der Waals surface area contributed by atoms with E-state index in [2.05, 4.69) is 29.6 Å². The lowest BCUT2D eigenvalue weighted by Crippen LogP contribution is -2.26. The molecule has 2 aliphatic rings. The Labute approximate surface area is 128 Å². The highest BCUT2D eigenvalue weighted by molar-refractivity contribution is 5.39. The average Bonchev–Trinajstić information content (AvgIpc) is 2.55. The van der Waals surface area contributed by atoms with E-state index in [9.17, 15) is 0 Å². The predicted molar refractivity (Wildman–Crippen MR) is 87.8 cm³/mol. The first-order valence-electron chi connectivity index (χ1n) is 8.45. The van der Waals surface area contributed by atoms with Gasteiger partial charge in [-0.3, -0.25) is 0 Å². The number of ether oxygens (including phenoxy) is 1.